The summed E-state index contributed by atoms with van der Waals surface area (Å²) in [5, 5.41) is 4.82. The number of anilines is 1. The Morgan fingerprint density at radius 3 is 3.15 bits per heavy atom. The molecular formula is C10H10N2O. The van der Waals surface area contributed by atoms with Crippen molar-refractivity contribution in [1.82, 2.24) is 5.16 Å². The maximum Gasteiger partial charge on any atom is 0.169 e. The summed E-state index contributed by atoms with van der Waals surface area (Å²) >= 11 is 0. The van der Waals surface area contributed by atoms with Gasteiger partial charge in [-0.15, -0.1) is 6.58 Å². The van der Waals surface area contributed by atoms with Crippen molar-refractivity contribution in [2.75, 3.05) is 5.73 Å². The van der Waals surface area contributed by atoms with Gasteiger partial charge in [0.1, 0.15) is 0 Å². The van der Waals surface area contributed by atoms with Gasteiger partial charge in [0, 0.05) is 12.1 Å². The van der Waals surface area contributed by atoms with Gasteiger partial charge in [0.2, 0.25) is 0 Å². The molecule has 2 rings (SSSR count). The van der Waals surface area contributed by atoms with E-state index >= 15 is 0 Å². The van der Waals surface area contributed by atoms with Crippen molar-refractivity contribution in [3.63, 3.8) is 0 Å². The molecule has 1 aromatic heterocycles. The van der Waals surface area contributed by atoms with Crippen LogP contribution in [0, 0.1) is 0 Å². The predicted octanol–water partition coefficient (Wildman–Crippen LogP) is 2.14. The van der Waals surface area contributed by atoms with Gasteiger partial charge >= 0.3 is 0 Å². The van der Waals surface area contributed by atoms with Gasteiger partial charge < -0.3 is 10.3 Å². The molecule has 66 valence electrons. The normalized spacial score (nSPS) is 10.5. The number of hydrogen-bond acceptors (Lipinski definition) is 3. The molecule has 0 amide bonds. The van der Waals surface area contributed by atoms with Crippen molar-refractivity contribution in [2.45, 2.75) is 6.42 Å². The van der Waals surface area contributed by atoms with Crippen LogP contribution < -0.4 is 5.73 Å². The van der Waals surface area contributed by atoms with Crippen LogP contribution in [0.25, 0.3) is 11.0 Å². The molecule has 3 heteroatoms. The summed E-state index contributed by atoms with van der Waals surface area (Å²) in [5.74, 6) is 0. The average molecular weight is 174 g/mol. The van der Waals surface area contributed by atoms with E-state index in [1.165, 1.54) is 0 Å². The zero-order chi connectivity index (χ0) is 9.26. The van der Waals surface area contributed by atoms with Crippen molar-refractivity contribution < 1.29 is 4.52 Å². The second-order valence-corrected chi connectivity index (χ2v) is 2.84. The van der Waals surface area contributed by atoms with Crippen molar-refractivity contribution in [2.24, 2.45) is 0 Å². The first kappa shape index (κ1) is 7.86. The summed E-state index contributed by atoms with van der Waals surface area (Å²) in [4.78, 5) is 0. The smallest absolute Gasteiger partial charge is 0.169 e. The van der Waals surface area contributed by atoms with E-state index in [1.807, 2.05) is 18.2 Å². The molecule has 0 aliphatic carbocycles. The Balaban J connectivity index is 2.70. The van der Waals surface area contributed by atoms with Gasteiger partial charge in [-0.05, 0) is 12.1 Å². The van der Waals surface area contributed by atoms with Crippen LogP contribution in [-0.4, -0.2) is 5.16 Å². The fourth-order valence-electron chi connectivity index (χ4n) is 1.36. The van der Waals surface area contributed by atoms with Crippen molar-refractivity contribution >= 4 is 16.7 Å². The van der Waals surface area contributed by atoms with Crippen LogP contribution >= 0.6 is 0 Å². The Labute approximate surface area is 75.8 Å². The first-order chi connectivity index (χ1) is 6.33. The third-order valence-corrected chi connectivity index (χ3v) is 1.94. The highest BCUT2D eigenvalue weighted by molar-refractivity contribution is 5.91. The van der Waals surface area contributed by atoms with Crippen LogP contribution in [0.1, 0.15) is 5.69 Å². The lowest BCUT2D eigenvalue weighted by Crippen LogP contribution is -1.88. The minimum Gasteiger partial charge on any atom is -0.398 e. The molecule has 0 unspecified atom stereocenters. The molecule has 0 bridgehead atoms. The fraction of sp³-hybridized carbons (Fsp3) is 0.100. The van der Waals surface area contributed by atoms with Gasteiger partial charge in [0.05, 0.1) is 11.1 Å². The summed E-state index contributed by atoms with van der Waals surface area (Å²) in [6.07, 6.45) is 2.46. The molecule has 13 heavy (non-hydrogen) atoms. The van der Waals surface area contributed by atoms with Crippen LogP contribution in [0.2, 0.25) is 0 Å². The molecule has 2 aromatic rings. The second kappa shape index (κ2) is 2.94. The molecule has 2 N–H and O–H groups in total. The first-order valence-corrected chi connectivity index (χ1v) is 4.06. The number of rotatable bonds is 2. The average Bonchev–Trinajstić information content (AvgIpc) is 2.51. The van der Waals surface area contributed by atoms with E-state index < -0.39 is 0 Å². The number of fused-ring (bicyclic) bond motifs is 1. The highest BCUT2D eigenvalue weighted by Gasteiger charge is 2.08. The quantitative estimate of drug-likeness (QED) is 0.560. The van der Waals surface area contributed by atoms with Gasteiger partial charge in [0.25, 0.3) is 0 Å². The van der Waals surface area contributed by atoms with Crippen LogP contribution in [-0.2, 0) is 6.42 Å². The van der Waals surface area contributed by atoms with E-state index in [0.717, 1.165) is 16.7 Å². The lowest BCUT2D eigenvalue weighted by molar-refractivity contribution is 0.448. The van der Waals surface area contributed by atoms with Crippen LogP contribution in [0.3, 0.4) is 0 Å². The van der Waals surface area contributed by atoms with Crippen LogP contribution in [0.5, 0.6) is 0 Å². The van der Waals surface area contributed by atoms with Gasteiger partial charge in [-0.1, -0.05) is 17.3 Å². The molecule has 1 aromatic carbocycles. The number of allylic oxidation sites excluding steroid dienone is 1. The molecule has 0 aliphatic heterocycles. The van der Waals surface area contributed by atoms with Gasteiger partial charge in [-0.25, -0.2) is 0 Å². The van der Waals surface area contributed by atoms with Gasteiger partial charge in [-0.2, -0.15) is 0 Å². The van der Waals surface area contributed by atoms with Crippen molar-refractivity contribution in [3.05, 3.63) is 36.5 Å². The largest absolute Gasteiger partial charge is 0.398 e. The standard InChI is InChI=1S/C10H10N2O/c1-2-4-8-10-7(11)5-3-6-9(10)13-12-8/h2-3,5-6H,1,4,11H2. The summed E-state index contributed by atoms with van der Waals surface area (Å²) < 4.78 is 5.10. The maximum absolute atomic E-state index is 5.80. The Morgan fingerprint density at radius 2 is 2.38 bits per heavy atom. The van der Waals surface area contributed by atoms with E-state index in [1.54, 1.807) is 6.08 Å². The van der Waals surface area contributed by atoms with Crippen molar-refractivity contribution in [3.8, 4) is 0 Å². The third-order valence-electron chi connectivity index (χ3n) is 1.94. The fourth-order valence-corrected chi connectivity index (χ4v) is 1.36. The Bertz CT molecular complexity index is 445. The third kappa shape index (κ3) is 1.18. The molecule has 3 nitrogen and oxygen atoms in total. The summed E-state index contributed by atoms with van der Waals surface area (Å²) in [5.41, 5.74) is 8.08. The zero-order valence-corrected chi connectivity index (χ0v) is 7.16. The molecule has 0 atom stereocenters. The highest BCUT2D eigenvalue weighted by atomic mass is 16.5. The number of nitrogen functional groups attached to an aromatic ring is 1. The number of nitrogens with two attached hydrogens (primary N) is 1. The molecule has 0 saturated heterocycles. The summed E-state index contributed by atoms with van der Waals surface area (Å²) in [7, 11) is 0. The SMILES string of the molecule is C=CCc1noc2cccc(N)c12. The van der Waals surface area contributed by atoms with E-state index in [9.17, 15) is 0 Å². The second-order valence-electron chi connectivity index (χ2n) is 2.84. The predicted molar refractivity (Wildman–Crippen MR) is 52.3 cm³/mol. The maximum atomic E-state index is 5.80. The topological polar surface area (TPSA) is 52.0 Å². The minimum absolute atomic E-state index is 0.682. The Hall–Kier alpha value is -1.77. The Kier molecular flexibility index (Phi) is 1.77. The van der Waals surface area contributed by atoms with Gasteiger partial charge in [0.15, 0.2) is 5.58 Å². The monoisotopic (exact) mass is 174 g/mol. The number of nitrogens with zero attached hydrogens (tertiary/aromatic N) is 1. The lowest BCUT2D eigenvalue weighted by Gasteiger charge is -1.94. The number of aromatic nitrogens is 1. The van der Waals surface area contributed by atoms with E-state index in [4.69, 9.17) is 10.3 Å². The highest BCUT2D eigenvalue weighted by Crippen LogP contribution is 2.24. The summed E-state index contributed by atoms with van der Waals surface area (Å²) in [6, 6.07) is 5.54. The van der Waals surface area contributed by atoms with E-state index in [0.29, 0.717) is 12.1 Å². The number of benzene rings is 1. The van der Waals surface area contributed by atoms with Crippen molar-refractivity contribution in [1.29, 1.82) is 0 Å². The minimum atomic E-state index is 0.682. The number of hydrogen-bond donors (Lipinski definition) is 1. The van der Waals surface area contributed by atoms with E-state index in [2.05, 4.69) is 11.7 Å². The molecule has 1 heterocycles. The zero-order valence-electron chi connectivity index (χ0n) is 7.16. The van der Waals surface area contributed by atoms with Crippen LogP contribution in [0.4, 0.5) is 5.69 Å². The molecule has 0 radical (unpaired) electrons. The van der Waals surface area contributed by atoms with Crippen LogP contribution in [0.15, 0.2) is 35.4 Å². The molecule has 0 saturated carbocycles. The molecular weight excluding hydrogens is 164 g/mol. The molecule has 0 spiro atoms. The Morgan fingerprint density at radius 1 is 1.54 bits per heavy atom. The first-order valence-electron chi connectivity index (χ1n) is 4.06. The van der Waals surface area contributed by atoms with E-state index in [-0.39, 0.29) is 0 Å². The summed E-state index contributed by atoms with van der Waals surface area (Å²) in [6.45, 7) is 3.65. The molecule has 0 fully saturated rings. The van der Waals surface area contributed by atoms with Gasteiger partial charge in [-0.3, -0.25) is 0 Å². The lowest BCUT2D eigenvalue weighted by atomic mass is 10.1. The molecule has 0 aliphatic rings.